The van der Waals surface area contributed by atoms with Gasteiger partial charge in [-0.3, -0.25) is 9.59 Å². The number of carbonyl (C=O) groups excluding carboxylic acids is 4. The van der Waals surface area contributed by atoms with Gasteiger partial charge < -0.3 is 24.6 Å². The summed E-state index contributed by atoms with van der Waals surface area (Å²) in [5, 5.41) is 2.81. The maximum atomic E-state index is 13.0. The van der Waals surface area contributed by atoms with Crippen LogP contribution in [0.25, 0.3) is 0 Å². The van der Waals surface area contributed by atoms with Crippen LogP contribution in [-0.2, 0) is 19.1 Å². The van der Waals surface area contributed by atoms with Gasteiger partial charge in [-0.25, -0.2) is 9.59 Å². The Kier molecular flexibility index (Phi) is 7.28. The lowest BCUT2D eigenvalue weighted by Crippen LogP contribution is -2.30. The van der Waals surface area contributed by atoms with E-state index in [1.807, 2.05) is 0 Å². The molecule has 9 nitrogen and oxygen atoms in total. The molecule has 166 valence electrons. The topological polar surface area (TPSA) is 105 Å². The summed E-state index contributed by atoms with van der Waals surface area (Å²) in [6.45, 7) is 2.67. The van der Waals surface area contributed by atoms with Crippen LogP contribution in [0.5, 0.6) is 0 Å². The maximum absolute atomic E-state index is 13.0. The fourth-order valence-corrected chi connectivity index (χ4v) is 3.74. The molecule has 9 heteroatoms. The Morgan fingerprint density at radius 1 is 0.806 bits per heavy atom. The molecule has 2 saturated heterocycles. The van der Waals surface area contributed by atoms with E-state index in [9.17, 15) is 19.2 Å². The molecule has 0 atom stereocenters. The highest BCUT2D eigenvalue weighted by Gasteiger charge is 2.25. The largest absolute Gasteiger partial charge is 0.466 e. The van der Waals surface area contributed by atoms with Crippen LogP contribution in [-0.4, -0.2) is 74.0 Å². The molecule has 0 radical (unpaired) electrons. The first-order valence-electron chi connectivity index (χ1n) is 10.3. The molecule has 0 spiro atoms. The molecule has 0 aromatic heterocycles. The average Bonchev–Trinajstić information content (AvgIpc) is 3.51. The molecule has 0 saturated carbocycles. The van der Waals surface area contributed by atoms with Gasteiger partial charge in [0.15, 0.2) is 0 Å². The molecule has 0 aliphatic carbocycles. The van der Waals surface area contributed by atoms with Crippen molar-refractivity contribution < 1.29 is 28.7 Å². The summed E-state index contributed by atoms with van der Waals surface area (Å²) < 4.78 is 9.31. The molecule has 2 amide bonds. The molecule has 2 heterocycles. The lowest BCUT2D eigenvalue weighted by Gasteiger charge is -2.20. The number of likely N-dealkylation sites (tertiary alicyclic amines) is 2. The van der Waals surface area contributed by atoms with E-state index in [0.29, 0.717) is 43.0 Å². The fourth-order valence-electron chi connectivity index (χ4n) is 3.74. The number of methoxy groups -OCH3 is 2. The zero-order valence-electron chi connectivity index (χ0n) is 17.8. The molecule has 3 rings (SSSR count). The lowest BCUT2D eigenvalue weighted by molar-refractivity contribution is -0.138. The molecule has 1 N–H and O–H groups in total. The number of amides is 2. The van der Waals surface area contributed by atoms with E-state index < -0.39 is 11.9 Å². The van der Waals surface area contributed by atoms with Gasteiger partial charge in [0.1, 0.15) is 5.70 Å². The van der Waals surface area contributed by atoms with Crippen molar-refractivity contribution in [2.75, 3.05) is 45.7 Å². The smallest absolute Gasteiger partial charge is 0.354 e. The monoisotopic (exact) mass is 429 g/mol. The third-order valence-electron chi connectivity index (χ3n) is 5.36. The van der Waals surface area contributed by atoms with Gasteiger partial charge in [0.05, 0.1) is 20.3 Å². The van der Waals surface area contributed by atoms with Gasteiger partial charge in [-0.2, -0.15) is 0 Å². The number of benzene rings is 1. The highest BCUT2D eigenvalue weighted by Crippen LogP contribution is 2.23. The summed E-state index contributed by atoms with van der Waals surface area (Å²) in [7, 11) is 2.38. The second-order valence-electron chi connectivity index (χ2n) is 7.50. The summed E-state index contributed by atoms with van der Waals surface area (Å²) >= 11 is 0. The lowest BCUT2D eigenvalue weighted by atomic mass is 10.1. The SMILES string of the molecule is COC(=O)/C=C(/Nc1cc(C(=O)N2CCCC2)cc(C(=O)N2CCCC2)c1)C(=O)OC. The van der Waals surface area contributed by atoms with Crippen LogP contribution >= 0.6 is 0 Å². The van der Waals surface area contributed by atoms with Crippen molar-refractivity contribution in [1.29, 1.82) is 0 Å². The van der Waals surface area contributed by atoms with Crippen molar-refractivity contribution in [3.8, 4) is 0 Å². The molecule has 2 aliphatic rings. The zero-order valence-corrected chi connectivity index (χ0v) is 17.8. The molecule has 2 aliphatic heterocycles. The van der Waals surface area contributed by atoms with Gasteiger partial charge in [0.25, 0.3) is 11.8 Å². The number of nitrogens with one attached hydrogen (secondary N) is 1. The zero-order chi connectivity index (χ0) is 22.4. The minimum atomic E-state index is -0.783. The van der Waals surface area contributed by atoms with E-state index in [1.54, 1.807) is 28.0 Å². The number of ether oxygens (including phenoxy) is 2. The number of carbonyl (C=O) groups is 4. The number of hydrogen-bond donors (Lipinski definition) is 1. The number of esters is 2. The molecule has 0 bridgehead atoms. The van der Waals surface area contributed by atoms with Gasteiger partial charge in [-0.15, -0.1) is 0 Å². The molecule has 1 aromatic carbocycles. The molecule has 2 fully saturated rings. The standard InChI is InChI=1S/C22H27N3O6/c1-30-19(26)14-18(22(29)31-2)23-17-12-15(20(27)24-7-3-4-8-24)11-16(13-17)21(28)25-9-5-6-10-25/h11-14,23H,3-10H2,1-2H3/b18-14+. The van der Waals surface area contributed by atoms with Gasteiger partial charge >= 0.3 is 11.9 Å². The summed E-state index contributed by atoms with van der Waals surface area (Å²) in [5.41, 5.74) is 0.848. The van der Waals surface area contributed by atoms with Crippen LogP contribution in [0, 0.1) is 0 Å². The second-order valence-corrected chi connectivity index (χ2v) is 7.50. The second kappa shape index (κ2) is 10.1. The van der Waals surface area contributed by atoms with Crippen molar-refractivity contribution in [2.45, 2.75) is 25.7 Å². The molecule has 0 unspecified atom stereocenters. The van der Waals surface area contributed by atoms with E-state index in [0.717, 1.165) is 31.8 Å². The Labute approximate surface area is 181 Å². The molecule has 31 heavy (non-hydrogen) atoms. The van der Waals surface area contributed by atoms with Crippen LogP contribution in [0.2, 0.25) is 0 Å². The Hall–Kier alpha value is -3.36. The highest BCUT2D eigenvalue weighted by atomic mass is 16.5. The number of rotatable bonds is 6. The van der Waals surface area contributed by atoms with Crippen LogP contribution in [0.3, 0.4) is 0 Å². The van der Waals surface area contributed by atoms with E-state index in [-0.39, 0.29) is 17.5 Å². The Morgan fingerprint density at radius 3 is 1.71 bits per heavy atom. The predicted molar refractivity (Wildman–Crippen MR) is 112 cm³/mol. The minimum absolute atomic E-state index is 0.167. The third kappa shape index (κ3) is 5.42. The third-order valence-corrected chi connectivity index (χ3v) is 5.36. The van der Waals surface area contributed by atoms with Gasteiger partial charge in [-0.05, 0) is 43.9 Å². The molecular formula is C22H27N3O6. The Balaban J connectivity index is 1.97. The van der Waals surface area contributed by atoms with E-state index in [2.05, 4.69) is 10.1 Å². The summed E-state index contributed by atoms with van der Waals surface area (Å²) in [6, 6.07) is 4.72. The van der Waals surface area contributed by atoms with Crippen LogP contribution in [0.15, 0.2) is 30.0 Å². The quantitative estimate of drug-likeness (QED) is 0.543. The summed E-state index contributed by atoms with van der Waals surface area (Å²) in [4.78, 5) is 53.2. The summed E-state index contributed by atoms with van der Waals surface area (Å²) in [6.07, 6.45) is 4.73. The number of anilines is 1. The minimum Gasteiger partial charge on any atom is -0.466 e. The number of hydrogen-bond acceptors (Lipinski definition) is 7. The molecule has 1 aromatic rings. The van der Waals surface area contributed by atoms with E-state index in [4.69, 9.17) is 4.74 Å². The summed E-state index contributed by atoms with van der Waals surface area (Å²) in [5.74, 6) is -1.87. The first kappa shape index (κ1) is 22.3. The van der Waals surface area contributed by atoms with E-state index in [1.165, 1.54) is 14.2 Å². The van der Waals surface area contributed by atoms with Crippen molar-refractivity contribution in [3.05, 3.63) is 41.1 Å². The maximum Gasteiger partial charge on any atom is 0.354 e. The molecular weight excluding hydrogens is 402 g/mol. The number of nitrogens with zero attached hydrogens (tertiary/aromatic N) is 2. The van der Waals surface area contributed by atoms with Crippen molar-refractivity contribution in [2.24, 2.45) is 0 Å². The van der Waals surface area contributed by atoms with Gasteiger partial charge in [-0.1, -0.05) is 0 Å². The van der Waals surface area contributed by atoms with Crippen molar-refractivity contribution >= 4 is 29.4 Å². The predicted octanol–water partition coefficient (Wildman–Crippen LogP) is 1.80. The van der Waals surface area contributed by atoms with Crippen molar-refractivity contribution in [3.63, 3.8) is 0 Å². The van der Waals surface area contributed by atoms with E-state index >= 15 is 0 Å². The normalized spacial score (nSPS) is 16.3. The van der Waals surface area contributed by atoms with Crippen LogP contribution in [0.1, 0.15) is 46.4 Å². The average molecular weight is 429 g/mol. The van der Waals surface area contributed by atoms with Crippen LogP contribution < -0.4 is 5.32 Å². The van der Waals surface area contributed by atoms with Crippen LogP contribution in [0.4, 0.5) is 5.69 Å². The first-order chi connectivity index (χ1) is 14.9. The highest BCUT2D eigenvalue weighted by molar-refractivity contribution is 6.03. The Bertz CT molecular complexity index is 852. The van der Waals surface area contributed by atoms with Gasteiger partial charge in [0, 0.05) is 43.0 Å². The Morgan fingerprint density at radius 2 is 1.29 bits per heavy atom. The van der Waals surface area contributed by atoms with Crippen molar-refractivity contribution in [1.82, 2.24) is 9.80 Å². The fraction of sp³-hybridized carbons (Fsp3) is 0.455. The van der Waals surface area contributed by atoms with Gasteiger partial charge in [0.2, 0.25) is 0 Å². The first-order valence-corrected chi connectivity index (χ1v) is 10.3.